The minimum absolute atomic E-state index is 0.00582. The summed E-state index contributed by atoms with van der Waals surface area (Å²) >= 11 is 0. The molecule has 12 nitrogen and oxygen atoms in total. The number of aliphatic imine (C=N–C) groups is 1. The minimum atomic E-state index is -1.14. The summed E-state index contributed by atoms with van der Waals surface area (Å²) in [5, 5.41) is 16.8. The molecule has 2 aromatic carbocycles. The third-order valence-corrected chi connectivity index (χ3v) is 6.15. The van der Waals surface area contributed by atoms with Crippen molar-refractivity contribution in [3.63, 3.8) is 0 Å². The molecule has 0 aromatic heterocycles. The maximum atomic E-state index is 13.0. The van der Waals surface area contributed by atoms with Crippen molar-refractivity contribution in [2.45, 2.75) is 31.1 Å². The highest BCUT2D eigenvalue weighted by molar-refractivity contribution is 6.42. The molecule has 2 amide bonds. The molecule has 2 heterocycles. The van der Waals surface area contributed by atoms with Gasteiger partial charge in [-0.1, -0.05) is 47.6 Å². The van der Waals surface area contributed by atoms with E-state index in [0.717, 1.165) is 11.1 Å². The first-order chi connectivity index (χ1) is 18.3. The van der Waals surface area contributed by atoms with Gasteiger partial charge in [0.2, 0.25) is 5.91 Å². The Morgan fingerprint density at radius 3 is 2.58 bits per heavy atom. The highest BCUT2D eigenvalue weighted by Gasteiger charge is 2.34. The van der Waals surface area contributed by atoms with Crippen LogP contribution in [-0.4, -0.2) is 68.0 Å². The van der Waals surface area contributed by atoms with E-state index < -0.39 is 30.1 Å². The van der Waals surface area contributed by atoms with Crippen LogP contribution in [0.15, 0.2) is 58.7 Å². The van der Waals surface area contributed by atoms with Crippen LogP contribution in [-0.2, 0) is 28.7 Å². The Bertz CT molecular complexity index is 1310. The number of methoxy groups -OCH3 is 2. The van der Waals surface area contributed by atoms with Gasteiger partial charge in [-0.15, -0.1) is 0 Å². The average molecular weight is 521 g/mol. The second kappa shape index (κ2) is 11.6. The lowest BCUT2D eigenvalue weighted by Gasteiger charge is -2.19. The lowest BCUT2D eigenvalue weighted by Crippen LogP contribution is -2.51. The summed E-state index contributed by atoms with van der Waals surface area (Å²) in [7, 11) is 2.66. The van der Waals surface area contributed by atoms with Gasteiger partial charge in [-0.2, -0.15) is 0 Å². The number of carbonyl (C=O) groups is 3. The number of rotatable bonds is 10. The number of esters is 1. The van der Waals surface area contributed by atoms with Gasteiger partial charge < -0.3 is 30.7 Å². The molecule has 4 rings (SSSR count). The summed E-state index contributed by atoms with van der Waals surface area (Å²) in [6.45, 7) is -0.192. The Labute approximate surface area is 218 Å². The summed E-state index contributed by atoms with van der Waals surface area (Å²) < 4.78 is 10.3. The number of carbonyl (C=O) groups excluding carboxylic acids is 3. The van der Waals surface area contributed by atoms with E-state index in [-0.39, 0.29) is 30.4 Å². The quantitative estimate of drug-likeness (QED) is 0.206. The number of para-hydroxylation sites is 1. The Hall–Kier alpha value is -4.58. The van der Waals surface area contributed by atoms with E-state index in [4.69, 9.17) is 25.5 Å². The number of nitrogen functional groups attached to an aromatic ring is 1. The van der Waals surface area contributed by atoms with E-state index in [1.807, 2.05) is 12.1 Å². The largest absolute Gasteiger partial charge is 0.467 e. The first-order valence-corrected chi connectivity index (χ1v) is 11.8. The molecule has 0 saturated heterocycles. The van der Waals surface area contributed by atoms with Crippen molar-refractivity contribution in [1.29, 1.82) is 5.41 Å². The lowest BCUT2D eigenvalue weighted by molar-refractivity contribution is -0.144. The maximum Gasteiger partial charge on any atom is 0.330 e. The van der Waals surface area contributed by atoms with Crippen molar-refractivity contribution >= 4 is 40.7 Å². The Morgan fingerprint density at radius 2 is 1.89 bits per heavy atom. The molecular weight excluding hydrogens is 492 g/mol. The topological polar surface area (TPSA) is 178 Å². The third-order valence-electron chi connectivity index (χ3n) is 6.15. The van der Waals surface area contributed by atoms with E-state index in [9.17, 15) is 14.4 Å². The monoisotopic (exact) mass is 520 g/mol. The van der Waals surface area contributed by atoms with Gasteiger partial charge in [0.05, 0.1) is 24.9 Å². The molecule has 0 fully saturated rings. The number of nitrogens with zero attached hydrogens (tertiary/aromatic N) is 2. The van der Waals surface area contributed by atoms with Crippen molar-refractivity contribution in [3.05, 3.63) is 65.2 Å². The minimum Gasteiger partial charge on any atom is -0.467 e. The summed E-state index contributed by atoms with van der Waals surface area (Å²) in [5.41, 5.74) is 9.01. The molecule has 2 aromatic rings. The van der Waals surface area contributed by atoms with Gasteiger partial charge in [0.25, 0.3) is 5.91 Å². The molecule has 0 radical (unpaired) electrons. The number of oxime groups is 1. The van der Waals surface area contributed by atoms with Crippen LogP contribution < -0.4 is 16.4 Å². The smallest absolute Gasteiger partial charge is 0.330 e. The molecular formula is C26H28N6O6. The molecule has 2 aliphatic rings. The van der Waals surface area contributed by atoms with Crippen molar-refractivity contribution in [2.24, 2.45) is 15.9 Å². The number of fused-ring (bicyclic) bond motifs is 1. The first-order valence-electron chi connectivity index (χ1n) is 11.8. The fourth-order valence-electron chi connectivity index (χ4n) is 4.17. The van der Waals surface area contributed by atoms with Crippen molar-refractivity contribution in [2.75, 3.05) is 20.8 Å². The lowest BCUT2D eigenvalue weighted by atomic mass is 10.0. The summed E-state index contributed by atoms with van der Waals surface area (Å²) in [4.78, 5) is 47.6. The van der Waals surface area contributed by atoms with Gasteiger partial charge in [0.1, 0.15) is 29.8 Å². The molecule has 3 atom stereocenters. The molecule has 2 aliphatic heterocycles. The fourth-order valence-corrected chi connectivity index (χ4v) is 4.17. The molecule has 0 aliphatic carbocycles. The zero-order chi connectivity index (χ0) is 27.2. The number of hydrogen-bond acceptors (Lipinski definition) is 9. The van der Waals surface area contributed by atoms with Gasteiger partial charge in [-0.3, -0.25) is 15.0 Å². The van der Waals surface area contributed by atoms with Crippen LogP contribution >= 0.6 is 0 Å². The second-order valence-electron chi connectivity index (χ2n) is 8.69. The highest BCUT2D eigenvalue weighted by atomic mass is 16.6. The number of ether oxygens (including phenoxy) is 2. The predicted octanol–water partition coefficient (Wildman–Crippen LogP) is 1.10. The van der Waals surface area contributed by atoms with Crippen molar-refractivity contribution in [1.82, 2.24) is 10.6 Å². The van der Waals surface area contributed by atoms with Crippen LogP contribution in [0, 0.1) is 5.41 Å². The Kier molecular flexibility index (Phi) is 8.12. The molecule has 12 heteroatoms. The predicted molar refractivity (Wildman–Crippen MR) is 138 cm³/mol. The Balaban J connectivity index is 1.30. The normalized spacial score (nSPS) is 18.4. The SMILES string of the molecule is COC(=O)C(CNC(=O)CC1CC(c2ccc(C(=N)N)cc2)=NO1)NC(=O)C1=Nc2ccccc2C1OC. The van der Waals surface area contributed by atoms with Gasteiger partial charge >= 0.3 is 5.97 Å². The number of amides is 2. The summed E-state index contributed by atoms with van der Waals surface area (Å²) in [6, 6.07) is 13.1. The molecule has 5 N–H and O–H groups in total. The van der Waals surface area contributed by atoms with Gasteiger partial charge in [0.15, 0.2) is 0 Å². The standard InChI is InChI=1S/C26H28N6O6/c1-36-23-17-5-3-4-6-18(17)30-22(23)25(34)31-20(26(35)37-2)13-29-21(33)12-16-11-19(32-38-16)14-7-9-15(10-8-14)24(27)28/h3-10,16,20,23H,11-13H2,1-2H3,(H3,27,28)(H,29,33)(H,31,34). The first kappa shape index (κ1) is 26.5. The number of hydrogen-bond donors (Lipinski definition) is 4. The van der Waals surface area contributed by atoms with E-state index in [1.165, 1.54) is 14.2 Å². The zero-order valence-corrected chi connectivity index (χ0v) is 20.9. The van der Waals surface area contributed by atoms with E-state index in [2.05, 4.69) is 20.8 Å². The van der Waals surface area contributed by atoms with Gasteiger partial charge in [-0.05, 0) is 11.6 Å². The number of amidine groups is 1. The number of benzene rings is 2. The molecule has 198 valence electrons. The van der Waals surface area contributed by atoms with Crippen LogP contribution in [0.25, 0.3) is 0 Å². The third kappa shape index (κ3) is 5.86. The zero-order valence-electron chi connectivity index (χ0n) is 20.9. The molecule has 38 heavy (non-hydrogen) atoms. The average Bonchev–Trinajstić information content (AvgIpc) is 3.55. The fraction of sp³-hybridized carbons (Fsp3) is 0.308. The number of nitrogens with two attached hydrogens (primary N) is 1. The van der Waals surface area contributed by atoms with Crippen molar-refractivity contribution in [3.8, 4) is 0 Å². The molecule has 0 spiro atoms. The van der Waals surface area contributed by atoms with Gasteiger partial charge in [0, 0.05) is 31.2 Å². The van der Waals surface area contributed by atoms with Gasteiger partial charge in [-0.25, -0.2) is 9.79 Å². The van der Waals surface area contributed by atoms with Crippen LogP contribution in [0.4, 0.5) is 5.69 Å². The molecule has 0 saturated carbocycles. The highest BCUT2D eigenvalue weighted by Crippen LogP contribution is 2.35. The second-order valence-corrected chi connectivity index (χ2v) is 8.69. The van der Waals surface area contributed by atoms with E-state index >= 15 is 0 Å². The molecule has 3 unspecified atom stereocenters. The summed E-state index contributed by atoms with van der Waals surface area (Å²) in [5.74, 6) is -1.75. The Morgan fingerprint density at radius 1 is 1.16 bits per heavy atom. The maximum absolute atomic E-state index is 13.0. The molecule has 0 bridgehead atoms. The summed E-state index contributed by atoms with van der Waals surface area (Å²) in [6.07, 6.45) is -0.763. The van der Waals surface area contributed by atoms with E-state index in [0.29, 0.717) is 23.4 Å². The van der Waals surface area contributed by atoms with Crippen molar-refractivity contribution < 1.29 is 28.7 Å². The van der Waals surface area contributed by atoms with Crippen LogP contribution in [0.5, 0.6) is 0 Å². The van der Waals surface area contributed by atoms with E-state index in [1.54, 1.807) is 36.4 Å². The van der Waals surface area contributed by atoms with Crippen LogP contribution in [0.3, 0.4) is 0 Å². The number of nitrogens with one attached hydrogen (secondary N) is 3. The van der Waals surface area contributed by atoms with Crippen LogP contribution in [0.1, 0.15) is 35.6 Å². The van der Waals surface area contributed by atoms with Crippen LogP contribution in [0.2, 0.25) is 0 Å².